The Balaban J connectivity index is 2.43. The fourth-order valence-electron chi connectivity index (χ4n) is 1.74. The molecule has 94 valence electrons. The Bertz CT molecular complexity index is 415. The molecule has 1 amide bonds. The predicted molar refractivity (Wildman–Crippen MR) is 53.9 cm³/mol. The summed E-state index contributed by atoms with van der Waals surface area (Å²) in [4.78, 5) is 11.2. The molecule has 1 fully saturated rings. The first-order chi connectivity index (χ1) is 8.01. The molecule has 0 bridgehead atoms. The minimum atomic E-state index is -1.66. The van der Waals surface area contributed by atoms with Crippen molar-refractivity contribution in [2.75, 3.05) is 14.2 Å². The van der Waals surface area contributed by atoms with Crippen LogP contribution >= 0.6 is 0 Å². The Kier molecular flexibility index (Phi) is 2.82. The molecule has 0 aromatic heterocycles. The number of hydrogen-bond donors (Lipinski definition) is 3. The average Bonchev–Trinajstić information content (AvgIpc) is 2.31. The number of carbonyl (C=O) groups is 1. The summed E-state index contributed by atoms with van der Waals surface area (Å²) in [5.74, 6) is -2.25. The second-order valence-electron chi connectivity index (χ2n) is 3.63. The number of morpholine rings is 1. The van der Waals surface area contributed by atoms with Gasteiger partial charge in [-0.2, -0.15) is 0 Å². The van der Waals surface area contributed by atoms with E-state index in [1.54, 1.807) is 0 Å². The van der Waals surface area contributed by atoms with E-state index in [0.29, 0.717) is 5.70 Å². The van der Waals surface area contributed by atoms with Crippen molar-refractivity contribution >= 4 is 5.91 Å². The van der Waals surface area contributed by atoms with Gasteiger partial charge in [0.15, 0.2) is 11.5 Å². The lowest BCUT2D eigenvalue weighted by atomic mass is 10.0. The fourth-order valence-corrected chi connectivity index (χ4v) is 1.74. The molecule has 7 heteroatoms. The minimum Gasteiger partial charge on any atom is -0.492 e. The third kappa shape index (κ3) is 1.78. The number of nitrogens with one attached hydrogen (secondary N) is 1. The molecule has 1 aliphatic heterocycles. The highest BCUT2D eigenvalue weighted by Crippen LogP contribution is 2.35. The fraction of sp³-hybridized carbons (Fsp3) is 0.500. The molecule has 7 nitrogen and oxygen atoms in total. The second-order valence-corrected chi connectivity index (χ2v) is 3.63. The van der Waals surface area contributed by atoms with Gasteiger partial charge in [0.1, 0.15) is 0 Å². The van der Waals surface area contributed by atoms with Gasteiger partial charge in [0.25, 0.3) is 12.2 Å². The third-order valence-electron chi connectivity index (χ3n) is 2.64. The number of amides is 1. The van der Waals surface area contributed by atoms with Gasteiger partial charge < -0.3 is 29.7 Å². The van der Waals surface area contributed by atoms with Crippen molar-refractivity contribution in [3.63, 3.8) is 0 Å². The molecule has 1 aliphatic carbocycles. The van der Waals surface area contributed by atoms with Crippen LogP contribution in [-0.4, -0.2) is 42.4 Å². The van der Waals surface area contributed by atoms with E-state index in [-0.39, 0.29) is 17.9 Å². The highest BCUT2D eigenvalue weighted by atomic mass is 16.7. The molecule has 2 rings (SSSR count). The minimum absolute atomic E-state index is 0.0107. The van der Waals surface area contributed by atoms with Gasteiger partial charge in [0.05, 0.1) is 12.8 Å². The van der Waals surface area contributed by atoms with Crippen molar-refractivity contribution in [1.29, 1.82) is 0 Å². The maximum Gasteiger partial charge on any atom is 0.293 e. The van der Waals surface area contributed by atoms with E-state index in [9.17, 15) is 15.0 Å². The van der Waals surface area contributed by atoms with Crippen LogP contribution in [0.25, 0.3) is 0 Å². The van der Waals surface area contributed by atoms with Crippen LogP contribution in [0.4, 0.5) is 0 Å². The van der Waals surface area contributed by atoms with Crippen LogP contribution in [0.15, 0.2) is 23.3 Å². The van der Waals surface area contributed by atoms with Crippen LogP contribution in [0, 0.1) is 0 Å². The zero-order valence-corrected chi connectivity index (χ0v) is 9.39. The number of aliphatic hydroxyl groups is 2. The molecule has 3 N–H and O–H groups in total. The van der Waals surface area contributed by atoms with Crippen molar-refractivity contribution in [1.82, 2.24) is 5.32 Å². The summed E-state index contributed by atoms with van der Waals surface area (Å²) in [6.07, 6.45) is 0.00243. The maximum absolute atomic E-state index is 11.2. The Hall–Kier alpha value is -1.57. The molecule has 2 aliphatic rings. The molecule has 1 saturated heterocycles. The first-order valence-electron chi connectivity index (χ1n) is 4.94. The average molecular weight is 243 g/mol. The number of ether oxygens (including phenoxy) is 3. The van der Waals surface area contributed by atoms with Crippen LogP contribution in [0.5, 0.6) is 0 Å². The summed E-state index contributed by atoms with van der Waals surface area (Å²) < 4.78 is 15.0. The van der Waals surface area contributed by atoms with E-state index in [0.717, 1.165) is 0 Å². The van der Waals surface area contributed by atoms with Crippen LogP contribution in [0.2, 0.25) is 0 Å². The summed E-state index contributed by atoms with van der Waals surface area (Å²) in [7, 11) is 2.65. The lowest BCUT2D eigenvalue weighted by Gasteiger charge is -2.35. The summed E-state index contributed by atoms with van der Waals surface area (Å²) in [6, 6.07) is 0. The molecule has 0 spiro atoms. The van der Waals surface area contributed by atoms with Crippen molar-refractivity contribution < 1.29 is 29.2 Å². The van der Waals surface area contributed by atoms with E-state index in [1.807, 2.05) is 0 Å². The van der Waals surface area contributed by atoms with Gasteiger partial charge in [-0.25, -0.2) is 0 Å². The Morgan fingerprint density at radius 2 is 2.29 bits per heavy atom. The third-order valence-corrected chi connectivity index (χ3v) is 2.64. The first-order valence-corrected chi connectivity index (χ1v) is 4.94. The molecule has 0 radical (unpaired) electrons. The van der Waals surface area contributed by atoms with Crippen LogP contribution in [-0.2, 0) is 19.0 Å². The number of carbonyl (C=O) groups excluding carboxylic acids is 1. The lowest BCUT2D eigenvalue weighted by Crippen LogP contribution is -2.47. The Morgan fingerprint density at radius 3 is 2.88 bits per heavy atom. The summed E-state index contributed by atoms with van der Waals surface area (Å²) in [5.41, 5.74) is 0.346. The van der Waals surface area contributed by atoms with Gasteiger partial charge in [-0.1, -0.05) is 6.08 Å². The molecule has 0 aromatic carbocycles. The quantitative estimate of drug-likeness (QED) is 0.534. The molecule has 0 aromatic rings. The van der Waals surface area contributed by atoms with Gasteiger partial charge in [-0.3, -0.25) is 4.79 Å². The summed E-state index contributed by atoms with van der Waals surface area (Å²) >= 11 is 0. The van der Waals surface area contributed by atoms with Gasteiger partial charge >= 0.3 is 0 Å². The summed E-state index contributed by atoms with van der Waals surface area (Å²) in [5, 5.41) is 21.8. The lowest BCUT2D eigenvalue weighted by molar-refractivity contribution is -0.188. The zero-order chi connectivity index (χ0) is 12.6. The van der Waals surface area contributed by atoms with E-state index >= 15 is 0 Å². The number of rotatable bonds is 2. The highest BCUT2D eigenvalue weighted by Gasteiger charge is 2.43. The normalized spacial score (nSPS) is 32.4. The monoisotopic (exact) mass is 243 g/mol. The van der Waals surface area contributed by atoms with Gasteiger partial charge in [0.2, 0.25) is 5.79 Å². The topological polar surface area (TPSA) is 97.2 Å². The van der Waals surface area contributed by atoms with Gasteiger partial charge in [-0.05, 0) is 0 Å². The standard InChI is InChI=1S/C10H13NO6/c1-15-7-6-5(3-4-10(7,14)16-2)11-8(12)9(13)17-6/h3,9,13-14H,4H2,1-2H3,(H,11,12). The summed E-state index contributed by atoms with van der Waals surface area (Å²) in [6.45, 7) is 0. The van der Waals surface area contributed by atoms with Crippen molar-refractivity contribution in [2.24, 2.45) is 0 Å². The number of hydrogen-bond acceptors (Lipinski definition) is 6. The Labute approximate surface area is 97.3 Å². The number of methoxy groups -OCH3 is 2. The molecule has 1 heterocycles. The van der Waals surface area contributed by atoms with Gasteiger partial charge in [0, 0.05) is 13.5 Å². The molecule has 0 saturated carbocycles. The SMILES string of the molecule is COC1=C2OC(O)C(=O)NC2=CCC1(O)OC. The number of aliphatic hydroxyl groups excluding tert-OH is 1. The smallest absolute Gasteiger partial charge is 0.293 e. The van der Waals surface area contributed by atoms with Crippen molar-refractivity contribution in [2.45, 2.75) is 18.5 Å². The predicted octanol–water partition coefficient (Wildman–Crippen LogP) is -1.07. The number of fused-ring (bicyclic) bond motifs is 1. The molecule has 2 atom stereocenters. The van der Waals surface area contributed by atoms with Crippen molar-refractivity contribution in [3.8, 4) is 0 Å². The van der Waals surface area contributed by atoms with E-state index < -0.39 is 18.0 Å². The van der Waals surface area contributed by atoms with E-state index in [2.05, 4.69) is 5.32 Å². The molecular formula is C10H13NO6. The van der Waals surface area contributed by atoms with E-state index in [4.69, 9.17) is 14.2 Å². The second kappa shape index (κ2) is 4.02. The maximum atomic E-state index is 11.2. The van der Waals surface area contributed by atoms with Crippen LogP contribution in [0.1, 0.15) is 6.42 Å². The molecule has 17 heavy (non-hydrogen) atoms. The highest BCUT2D eigenvalue weighted by molar-refractivity contribution is 5.83. The molecule has 2 unspecified atom stereocenters. The zero-order valence-electron chi connectivity index (χ0n) is 9.39. The largest absolute Gasteiger partial charge is 0.492 e. The molecular weight excluding hydrogens is 230 g/mol. The van der Waals surface area contributed by atoms with Crippen molar-refractivity contribution in [3.05, 3.63) is 23.3 Å². The van der Waals surface area contributed by atoms with Crippen LogP contribution in [0.3, 0.4) is 0 Å². The Morgan fingerprint density at radius 1 is 1.59 bits per heavy atom. The van der Waals surface area contributed by atoms with Gasteiger partial charge in [-0.15, -0.1) is 0 Å². The van der Waals surface area contributed by atoms with E-state index in [1.165, 1.54) is 20.3 Å². The first kappa shape index (κ1) is 11.9. The van der Waals surface area contributed by atoms with Crippen LogP contribution < -0.4 is 5.32 Å².